The van der Waals surface area contributed by atoms with Gasteiger partial charge < -0.3 is 10.0 Å². The van der Waals surface area contributed by atoms with Crippen LogP contribution in [-0.4, -0.2) is 35.2 Å². The van der Waals surface area contributed by atoms with E-state index < -0.39 is 0 Å². The lowest BCUT2D eigenvalue weighted by atomic mass is 10.5. The van der Waals surface area contributed by atoms with Gasteiger partial charge in [0.2, 0.25) is 0 Å². The fourth-order valence-corrected chi connectivity index (χ4v) is 2.38. The van der Waals surface area contributed by atoms with Crippen LogP contribution in [0.4, 0.5) is 9.80 Å². The monoisotopic (exact) mass is 240 g/mol. The second-order valence-corrected chi connectivity index (χ2v) is 5.28. The predicted octanol–water partition coefficient (Wildman–Crippen LogP) is 2.05. The van der Waals surface area contributed by atoms with Gasteiger partial charge in [-0.15, -0.1) is 11.3 Å². The summed E-state index contributed by atoms with van der Waals surface area (Å²) < 4.78 is 0. The highest BCUT2D eigenvalue weighted by Crippen LogP contribution is 2.28. The summed E-state index contributed by atoms with van der Waals surface area (Å²) >= 11 is 1.56. The summed E-state index contributed by atoms with van der Waals surface area (Å²) in [4.78, 5) is 14.8. The number of hydrogen-bond acceptors (Lipinski definition) is 3. The van der Waals surface area contributed by atoms with Crippen molar-refractivity contribution in [3.8, 4) is 0 Å². The van der Waals surface area contributed by atoms with Gasteiger partial charge in [0, 0.05) is 17.5 Å². The zero-order chi connectivity index (χ0) is 11.5. The molecule has 1 saturated carbocycles. The van der Waals surface area contributed by atoms with Crippen molar-refractivity contribution in [1.82, 2.24) is 4.90 Å². The molecule has 1 heterocycles. The van der Waals surface area contributed by atoms with Crippen molar-refractivity contribution in [2.45, 2.75) is 25.8 Å². The van der Waals surface area contributed by atoms with Crippen molar-refractivity contribution in [2.24, 2.45) is 0 Å². The number of carbonyl (C=O) groups is 1. The number of carbonyl (C=O) groups excluding carboxylic acids is 1. The van der Waals surface area contributed by atoms with Crippen molar-refractivity contribution in [3.63, 3.8) is 0 Å². The van der Waals surface area contributed by atoms with Gasteiger partial charge in [-0.3, -0.25) is 5.32 Å². The minimum absolute atomic E-state index is 0.0212. The lowest BCUT2D eigenvalue weighted by Crippen LogP contribution is -2.38. The molecule has 1 fully saturated rings. The summed E-state index contributed by atoms with van der Waals surface area (Å²) in [5, 5.41) is 12.6. The quantitative estimate of drug-likeness (QED) is 0.846. The lowest BCUT2D eigenvalue weighted by Gasteiger charge is -2.21. The van der Waals surface area contributed by atoms with E-state index in [2.05, 4.69) is 5.32 Å². The molecule has 1 aromatic heterocycles. The van der Waals surface area contributed by atoms with E-state index >= 15 is 0 Å². The SMILES string of the molecule is Cc1ccc(NC(=O)N(CCO)C2CC2)s1. The Morgan fingerprint density at radius 3 is 2.88 bits per heavy atom. The highest BCUT2D eigenvalue weighted by Gasteiger charge is 2.32. The zero-order valence-electron chi connectivity index (χ0n) is 9.27. The molecular formula is C11H16N2O2S. The number of urea groups is 1. The molecule has 88 valence electrons. The number of amides is 2. The molecule has 2 N–H and O–H groups in total. The number of aliphatic hydroxyl groups excluding tert-OH is 1. The fraction of sp³-hybridized carbons (Fsp3) is 0.545. The summed E-state index contributed by atoms with van der Waals surface area (Å²) in [6, 6.07) is 4.11. The first kappa shape index (κ1) is 11.4. The number of thiophene rings is 1. The van der Waals surface area contributed by atoms with Gasteiger partial charge in [-0.1, -0.05) is 0 Å². The van der Waals surface area contributed by atoms with Crippen LogP contribution in [0.1, 0.15) is 17.7 Å². The van der Waals surface area contributed by atoms with Gasteiger partial charge in [-0.25, -0.2) is 4.79 Å². The molecule has 0 spiro atoms. The third-order valence-electron chi connectivity index (χ3n) is 2.56. The van der Waals surface area contributed by atoms with Gasteiger partial charge >= 0.3 is 6.03 Å². The van der Waals surface area contributed by atoms with E-state index in [9.17, 15) is 4.79 Å². The molecule has 1 aliphatic carbocycles. The number of nitrogens with one attached hydrogen (secondary N) is 1. The number of aryl methyl sites for hydroxylation is 1. The molecule has 5 heteroatoms. The van der Waals surface area contributed by atoms with E-state index in [1.807, 2.05) is 19.1 Å². The Labute approximate surface area is 98.9 Å². The van der Waals surface area contributed by atoms with Crippen LogP contribution in [0.2, 0.25) is 0 Å². The van der Waals surface area contributed by atoms with Crippen LogP contribution in [0.5, 0.6) is 0 Å². The van der Waals surface area contributed by atoms with E-state index in [1.54, 1.807) is 16.2 Å². The third-order valence-corrected chi connectivity index (χ3v) is 3.48. The third kappa shape index (κ3) is 2.74. The standard InChI is InChI=1S/C11H16N2O2S/c1-8-2-5-10(16-8)12-11(15)13(6-7-14)9-3-4-9/h2,5,9,14H,3-4,6-7H2,1H3,(H,12,15). The first-order valence-electron chi connectivity index (χ1n) is 5.45. The molecule has 1 aliphatic rings. The molecule has 0 unspecified atom stereocenters. The van der Waals surface area contributed by atoms with Crippen LogP contribution in [0, 0.1) is 6.92 Å². The smallest absolute Gasteiger partial charge is 0.322 e. The van der Waals surface area contributed by atoms with Gasteiger partial charge in [0.1, 0.15) is 0 Å². The number of anilines is 1. The van der Waals surface area contributed by atoms with Gasteiger partial charge in [0.05, 0.1) is 11.6 Å². The molecule has 0 atom stereocenters. The van der Waals surface area contributed by atoms with E-state index in [0.717, 1.165) is 17.8 Å². The Balaban J connectivity index is 1.94. The minimum Gasteiger partial charge on any atom is -0.395 e. The molecule has 16 heavy (non-hydrogen) atoms. The summed E-state index contributed by atoms with van der Waals surface area (Å²) in [6.45, 7) is 2.45. The topological polar surface area (TPSA) is 52.6 Å². The van der Waals surface area contributed by atoms with Crippen LogP contribution >= 0.6 is 11.3 Å². The maximum atomic E-state index is 11.9. The van der Waals surface area contributed by atoms with Gasteiger partial charge in [0.25, 0.3) is 0 Å². The van der Waals surface area contributed by atoms with Crippen molar-refractivity contribution in [3.05, 3.63) is 17.0 Å². The number of hydrogen-bond donors (Lipinski definition) is 2. The molecule has 1 aromatic rings. The summed E-state index contributed by atoms with van der Waals surface area (Å²) in [5.74, 6) is 0. The van der Waals surface area contributed by atoms with Crippen LogP contribution in [-0.2, 0) is 0 Å². The normalized spacial score (nSPS) is 14.9. The fourth-order valence-electron chi connectivity index (χ4n) is 1.62. The Morgan fingerprint density at radius 1 is 1.62 bits per heavy atom. The highest BCUT2D eigenvalue weighted by molar-refractivity contribution is 7.16. The van der Waals surface area contributed by atoms with E-state index in [4.69, 9.17) is 5.11 Å². The second-order valence-electron chi connectivity index (χ2n) is 3.99. The summed E-state index contributed by atoms with van der Waals surface area (Å²) in [6.07, 6.45) is 2.10. The van der Waals surface area contributed by atoms with Gasteiger partial charge in [-0.2, -0.15) is 0 Å². The van der Waals surface area contributed by atoms with Crippen molar-refractivity contribution in [1.29, 1.82) is 0 Å². The second kappa shape index (κ2) is 4.84. The Bertz CT molecular complexity index is 374. The van der Waals surface area contributed by atoms with Gasteiger partial charge in [-0.05, 0) is 31.9 Å². The maximum absolute atomic E-state index is 11.9. The first-order valence-corrected chi connectivity index (χ1v) is 6.27. The average molecular weight is 240 g/mol. The van der Waals surface area contributed by atoms with Crippen LogP contribution in [0.25, 0.3) is 0 Å². The van der Waals surface area contributed by atoms with E-state index in [0.29, 0.717) is 12.6 Å². The molecule has 0 aliphatic heterocycles. The number of aliphatic hydroxyl groups is 1. The molecular weight excluding hydrogens is 224 g/mol. The van der Waals surface area contributed by atoms with Crippen molar-refractivity contribution in [2.75, 3.05) is 18.5 Å². The summed E-state index contributed by atoms with van der Waals surface area (Å²) in [5.41, 5.74) is 0. The van der Waals surface area contributed by atoms with Crippen molar-refractivity contribution < 1.29 is 9.90 Å². The average Bonchev–Trinajstić information content (AvgIpc) is 3.00. The molecule has 0 aromatic carbocycles. The molecule has 4 nitrogen and oxygen atoms in total. The largest absolute Gasteiger partial charge is 0.395 e. The molecule has 0 bridgehead atoms. The Hall–Kier alpha value is -1.07. The van der Waals surface area contributed by atoms with Crippen LogP contribution < -0.4 is 5.32 Å². The lowest BCUT2D eigenvalue weighted by molar-refractivity contribution is 0.185. The van der Waals surface area contributed by atoms with Gasteiger partial charge in [0.15, 0.2) is 0 Å². The van der Waals surface area contributed by atoms with E-state index in [1.165, 1.54) is 4.88 Å². The first-order chi connectivity index (χ1) is 7.70. The zero-order valence-corrected chi connectivity index (χ0v) is 10.1. The van der Waals surface area contributed by atoms with Crippen molar-refractivity contribution >= 4 is 22.4 Å². The van der Waals surface area contributed by atoms with Crippen LogP contribution in [0.3, 0.4) is 0 Å². The molecule has 2 amide bonds. The Kier molecular flexibility index (Phi) is 3.46. The molecule has 0 radical (unpaired) electrons. The predicted molar refractivity (Wildman–Crippen MR) is 64.9 cm³/mol. The maximum Gasteiger partial charge on any atom is 0.322 e. The highest BCUT2D eigenvalue weighted by atomic mass is 32.1. The molecule has 2 rings (SSSR count). The van der Waals surface area contributed by atoms with E-state index in [-0.39, 0.29) is 12.6 Å². The summed E-state index contributed by atoms with van der Waals surface area (Å²) in [7, 11) is 0. The molecule has 0 saturated heterocycles. The number of rotatable bonds is 4. The minimum atomic E-state index is -0.0987. The number of nitrogens with zero attached hydrogens (tertiary/aromatic N) is 1. The van der Waals surface area contributed by atoms with Crippen LogP contribution in [0.15, 0.2) is 12.1 Å². The Morgan fingerprint density at radius 2 is 2.38 bits per heavy atom.